The Kier molecular flexibility index (Phi) is 3.92. The fraction of sp³-hybridized carbons (Fsp3) is 0.722. The molecule has 1 unspecified atom stereocenters. The molecule has 1 amide bonds. The van der Waals surface area contributed by atoms with Crippen LogP contribution in [-0.2, 0) is 4.79 Å². The van der Waals surface area contributed by atoms with Crippen molar-refractivity contribution in [2.24, 2.45) is 11.3 Å². The first-order chi connectivity index (χ1) is 11.9. The van der Waals surface area contributed by atoms with Crippen LogP contribution >= 0.6 is 0 Å². The lowest BCUT2D eigenvalue weighted by Gasteiger charge is -2.35. The summed E-state index contributed by atoms with van der Waals surface area (Å²) >= 11 is 0. The van der Waals surface area contributed by atoms with Gasteiger partial charge in [0.15, 0.2) is 0 Å². The van der Waals surface area contributed by atoms with E-state index in [4.69, 9.17) is 0 Å². The highest BCUT2D eigenvalue weighted by molar-refractivity contribution is 5.80. The molecule has 7 heteroatoms. The van der Waals surface area contributed by atoms with Crippen LogP contribution in [0.1, 0.15) is 36.9 Å². The van der Waals surface area contributed by atoms with Crippen LogP contribution in [-0.4, -0.2) is 47.3 Å². The first-order valence-corrected chi connectivity index (χ1v) is 9.01. The second-order valence-electron chi connectivity index (χ2n) is 7.96. The van der Waals surface area contributed by atoms with Gasteiger partial charge in [0, 0.05) is 36.2 Å². The summed E-state index contributed by atoms with van der Waals surface area (Å²) in [5.41, 5.74) is 1.69. The third kappa shape index (κ3) is 2.98. The van der Waals surface area contributed by atoms with Gasteiger partial charge in [-0.2, -0.15) is 0 Å². The number of hydrogen-bond acceptors (Lipinski definition) is 4. The van der Waals surface area contributed by atoms with Crippen molar-refractivity contribution in [2.45, 2.75) is 57.9 Å². The van der Waals surface area contributed by atoms with E-state index >= 15 is 0 Å². The fourth-order valence-corrected chi connectivity index (χ4v) is 4.14. The van der Waals surface area contributed by atoms with E-state index in [1.54, 1.807) is 6.20 Å². The Morgan fingerprint density at radius 3 is 2.72 bits per heavy atom. The van der Waals surface area contributed by atoms with Gasteiger partial charge in [-0.05, 0) is 38.7 Å². The number of carbonyl (C=O) groups is 1. The lowest BCUT2D eigenvalue weighted by atomic mass is 9.71. The standard InChI is InChI=1S/C18H24F2N4O/c1-10-7-22-17(23-11(10)2)24-9-13(19)3-14(24)8-21-16(25)12-4-18(5-12)6-15(18)20/h7,12-15H,3-6,8-9H2,1-2H3,(H,21,25)/t12?,13-,14-,15?,18?/m0/s1. The molecular formula is C18H24F2N4O. The summed E-state index contributed by atoms with van der Waals surface area (Å²) < 4.78 is 27.2. The average Bonchev–Trinajstić information content (AvgIpc) is 3.07. The van der Waals surface area contributed by atoms with Crippen molar-refractivity contribution in [1.82, 2.24) is 15.3 Å². The summed E-state index contributed by atoms with van der Waals surface area (Å²) in [6, 6.07) is -0.148. The second-order valence-corrected chi connectivity index (χ2v) is 7.96. The Labute approximate surface area is 146 Å². The number of nitrogens with zero attached hydrogens (tertiary/aromatic N) is 3. The molecule has 2 heterocycles. The van der Waals surface area contributed by atoms with E-state index in [1.807, 2.05) is 18.7 Å². The molecule has 136 valence electrons. The minimum absolute atomic E-state index is 0.0343. The van der Waals surface area contributed by atoms with E-state index in [-0.39, 0.29) is 29.8 Å². The lowest BCUT2D eigenvalue weighted by molar-refractivity contribution is -0.130. The van der Waals surface area contributed by atoms with Crippen molar-refractivity contribution in [1.29, 1.82) is 0 Å². The van der Waals surface area contributed by atoms with Gasteiger partial charge in [0.25, 0.3) is 0 Å². The third-order valence-electron chi connectivity index (χ3n) is 6.11. The number of alkyl halides is 2. The molecule has 1 spiro atoms. The van der Waals surface area contributed by atoms with Crippen molar-refractivity contribution < 1.29 is 13.6 Å². The van der Waals surface area contributed by atoms with E-state index in [9.17, 15) is 13.6 Å². The molecule has 2 aliphatic carbocycles. The minimum Gasteiger partial charge on any atom is -0.354 e. The van der Waals surface area contributed by atoms with Crippen LogP contribution in [0.15, 0.2) is 6.20 Å². The van der Waals surface area contributed by atoms with E-state index in [1.165, 1.54) is 0 Å². The second kappa shape index (κ2) is 5.88. The summed E-state index contributed by atoms with van der Waals surface area (Å²) in [6.07, 6.45) is 2.36. The summed E-state index contributed by atoms with van der Waals surface area (Å²) in [4.78, 5) is 22.9. The number of amides is 1. The van der Waals surface area contributed by atoms with Gasteiger partial charge < -0.3 is 10.2 Å². The van der Waals surface area contributed by atoms with Gasteiger partial charge in [-0.15, -0.1) is 0 Å². The Hall–Kier alpha value is -1.79. The number of rotatable bonds is 4. The first-order valence-electron chi connectivity index (χ1n) is 9.01. The SMILES string of the molecule is Cc1cnc(N2C[C@@H](F)C[C@H]2CNC(=O)C2CC3(C2)CC3F)nc1C. The number of hydrogen-bond donors (Lipinski definition) is 1. The topological polar surface area (TPSA) is 58.1 Å². The van der Waals surface area contributed by atoms with E-state index < -0.39 is 12.3 Å². The van der Waals surface area contributed by atoms with Crippen LogP contribution in [0, 0.1) is 25.2 Å². The maximum atomic E-state index is 14.0. The summed E-state index contributed by atoms with van der Waals surface area (Å²) in [6.45, 7) is 4.46. The normalized spacial score (nSPS) is 36.4. The van der Waals surface area contributed by atoms with Gasteiger partial charge in [-0.25, -0.2) is 18.7 Å². The van der Waals surface area contributed by atoms with Gasteiger partial charge in [0.05, 0.1) is 12.6 Å². The molecule has 1 saturated heterocycles. The Bertz CT molecular complexity index is 692. The first kappa shape index (κ1) is 16.7. The highest BCUT2D eigenvalue weighted by Crippen LogP contribution is 2.64. The fourth-order valence-electron chi connectivity index (χ4n) is 4.14. The Morgan fingerprint density at radius 2 is 2.08 bits per heavy atom. The van der Waals surface area contributed by atoms with E-state index in [0.29, 0.717) is 38.2 Å². The number of aryl methyl sites for hydroxylation is 2. The number of aromatic nitrogens is 2. The summed E-state index contributed by atoms with van der Waals surface area (Å²) in [5.74, 6) is 0.394. The zero-order chi connectivity index (χ0) is 17.8. The van der Waals surface area contributed by atoms with Gasteiger partial charge in [0.1, 0.15) is 12.3 Å². The van der Waals surface area contributed by atoms with Gasteiger partial charge in [-0.3, -0.25) is 4.79 Å². The van der Waals surface area contributed by atoms with Crippen LogP contribution < -0.4 is 10.2 Å². The van der Waals surface area contributed by atoms with Crippen molar-refractivity contribution in [3.63, 3.8) is 0 Å². The van der Waals surface area contributed by atoms with Crippen LogP contribution in [0.25, 0.3) is 0 Å². The Morgan fingerprint density at radius 1 is 1.36 bits per heavy atom. The minimum atomic E-state index is -0.946. The molecule has 2 saturated carbocycles. The molecule has 5 nitrogen and oxygen atoms in total. The maximum Gasteiger partial charge on any atom is 0.225 e. The van der Waals surface area contributed by atoms with Crippen LogP contribution in [0.4, 0.5) is 14.7 Å². The predicted molar refractivity (Wildman–Crippen MR) is 89.8 cm³/mol. The van der Waals surface area contributed by atoms with Gasteiger partial charge in [-0.1, -0.05) is 0 Å². The van der Waals surface area contributed by atoms with Crippen molar-refractivity contribution >= 4 is 11.9 Å². The van der Waals surface area contributed by atoms with Crippen molar-refractivity contribution in [2.75, 3.05) is 18.0 Å². The maximum absolute atomic E-state index is 14.0. The third-order valence-corrected chi connectivity index (χ3v) is 6.11. The largest absolute Gasteiger partial charge is 0.354 e. The van der Waals surface area contributed by atoms with Crippen LogP contribution in [0.5, 0.6) is 0 Å². The molecule has 0 radical (unpaired) electrons. The zero-order valence-electron chi connectivity index (χ0n) is 14.6. The van der Waals surface area contributed by atoms with Crippen LogP contribution in [0.2, 0.25) is 0 Å². The average molecular weight is 350 g/mol. The number of carbonyl (C=O) groups excluding carboxylic acids is 1. The molecule has 0 bridgehead atoms. The van der Waals surface area contributed by atoms with E-state index in [2.05, 4.69) is 15.3 Å². The molecule has 3 fully saturated rings. The molecule has 4 rings (SSSR count). The molecule has 3 aliphatic rings. The molecule has 0 aromatic carbocycles. The quantitative estimate of drug-likeness (QED) is 0.905. The zero-order valence-corrected chi connectivity index (χ0v) is 14.6. The highest BCUT2D eigenvalue weighted by atomic mass is 19.1. The van der Waals surface area contributed by atoms with Gasteiger partial charge >= 0.3 is 0 Å². The summed E-state index contributed by atoms with van der Waals surface area (Å²) in [7, 11) is 0. The van der Waals surface area contributed by atoms with Crippen LogP contribution in [0.3, 0.4) is 0 Å². The monoisotopic (exact) mass is 350 g/mol. The number of nitrogens with one attached hydrogen (secondary N) is 1. The molecule has 1 N–H and O–H groups in total. The number of anilines is 1. The highest BCUT2D eigenvalue weighted by Gasteiger charge is 2.63. The molecular weight excluding hydrogens is 326 g/mol. The van der Waals surface area contributed by atoms with Crippen molar-refractivity contribution in [3.05, 3.63) is 17.5 Å². The lowest BCUT2D eigenvalue weighted by Crippen LogP contribution is -2.46. The predicted octanol–water partition coefficient (Wildman–Crippen LogP) is 2.26. The van der Waals surface area contributed by atoms with Gasteiger partial charge in [0.2, 0.25) is 11.9 Å². The van der Waals surface area contributed by atoms with Crippen molar-refractivity contribution in [3.8, 4) is 0 Å². The smallest absolute Gasteiger partial charge is 0.225 e. The molecule has 25 heavy (non-hydrogen) atoms. The molecule has 1 aromatic heterocycles. The Balaban J connectivity index is 1.35. The molecule has 1 aliphatic heterocycles. The molecule has 1 aromatic rings. The summed E-state index contributed by atoms with van der Waals surface area (Å²) in [5, 5.41) is 2.93. The molecule has 3 atom stereocenters. The number of halogens is 2. The van der Waals surface area contributed by atoms with E-state index in [0.717, 1.165) is 11.3 Å².